The lowest BCUT2D eigenvalue weighted by Gasteiger charge is -2.14. The fraction of sp³-hybridized carbons (Fsp3) is 0.154. The molecule has 0 saturated heterocycles. The van der Waals surface area contributed by atoms with Crippen molar-refractivity contribution in [3.05, 3.63) is 95.1 Å². The van der Waals surface area contributed by atoms with Crippen molar-refractivity contribution < 1.29 is 24.2 Å². The van der Waals surface area contributed by atoms with Crippen molar-refractivity contribution >= 4 is 18.1 Å². The van der Waals surface area contributed by atoms with Gasteiger partial charge in [-0.05, 0) is 28.3 Å². The third-order valence-corrected chi connectivity index (χ3v) is 5.49. The number of methoxy groups -OCH3 is 1. The van der Waals surface area contributed by atoms with E-state index in [1.165, 1.54) is 24.3 Å². The molecule has 0 spiro atoms. The van der Waals surface area contributed by atoms with Gasteiger partial charge in [-0.1, -0.05) is 72.8 Å². The smallest absolute Gasteiger partial charge is 0.407 e. The fourth-order valence-electron chi connectivity index (χ4n) is 4.06. The topological polar surface area (TPSA) is 84.9 Å². The predicted octanol–water partition coefficient (Wildman–Crippen LogP) is 4.95. The third kappa shape index (κ3) is 4.21. The molecule has 0 aliphatic heterocycles. The number of carbonyl (C=O) groups is 2. The lowest BCUT2D eigenvalue weighted by atomic mass is 9.98. The number of nitrogens with one attached hydrogen (secondary N) is 1. The number of fused-ring (bicyclic) bond motifs is 3. The quantitative estimate of drug-likeness (QED) is 0.555. The van der Waals surface area contributed by atoms with Gasteiger partial charge in [0, 0.05) is 18.0 Å². The molecule has 0 heterocycles. The zero-order valence-electron chi connectivity index (χ0n) is 17.6. The van der Waals surface area contributed by atoms with E-state index in [9.17, 15) is 14.7 Å². The monoisotopic (exact) mass is 429 g/mol. The molecule has 0 bridgehead atoms. The molecule has 1 amide bonds. The van der Waals surface area contributed by atoms with Gasteiger partial charge in [-0.2, -0.15) is 0 Å². The third-order valence-electron chi connectivity index (χ3n) is 5.49. The summed E-state index contributed by atoms with van der Waals surface area (Å²) in [6.45, 7) is 0.481. The summed E-state index contributed by atoms with van der Waals surface area (Å²) in [7, 11) is 1.42. The largest absolute Gasteiger partial charge is 0.495 e. The first-order valence-corrected chi connectivity index (χ1v) is 10.3. The number of alkyl carbamates (subject to hydrolysis) is 1. The molecule has 6 nitrogen and oxygen atoms in total. The van der Waals surface area contributed by atoms with E-state index in [1.807, 2.05) is 24.3 Å². The number of aromatic carboxylic acids is 1. The number of carboxylic acids is 1. The molecule has 2 N–H and O–H groups in total. The summed E-state index contributed by atoms with van der Waals surface area (Å²) in [6, 6.07) is 21.2. The Balaban J connectivity index is 1.35. The molecule has 0 aromatic heterocycles. The van der Waals surface area contributed by atoms with Gasteiger partial charge in [0.15, 0.2) is 0 Å². The minimum absolute atomic E-state index is 0.00621. The average Bonchev–Trinajstić information content (AvgIpc) is 3.14. The van der Waals surface area contributed by atoms with Crippen LogP contribution in [0.3, 0.4) is 0 Å². The van der Waals surface area contributed by atoms with Crippen LogP contribution in [0.1, 0.15) is 33.0 Å². The summed E-state index contributed by atoms with van der Waals surface area (Å²) in [5.41, 5.74) is 5.37. The Morgan fingerprint density at radius 3 is 2.25 bits per heavy atom. The van der Waals surface area contributed by atoms with Crippen LogP contribution in [0.15, 0.2) is 72.8 Å². The first kappa shape index (κ1) is 21.2. The Hall–Kier alpha value is -4.06. The molecular weight excluding hydrogens is 406 g/mol. The minimum Gasteiger partial charge on any atom is -0.495 e. The van der Waals surface area contributed by atoms with Gasteiger partial charge in [-0.3, -0.25) is 0 Å². The second-order valence-corrected chi connectivity index (χ2v) is 7.34. The molecule has 1 aliphatic rings. The Kier molecular flexibility index (Phi) is 6.22. The van der Waals surface area contributed by atoms with Gasteiger partial charge >= 0.3 is 12.1 Å². The molecular formula is C26H23NO5. The maximum absolute atomic E-state index is 12.2. The summed E-state index contributed by atoms with van der Waals surface area (Å²) in [5, 5.41) is 12.0. The number of hydrogen-bond acceptors (Lipinski definition) is 4. The molecule has 0 atom stereocenters. The van der Waals surface area contributed by atoms with Crippen LogP contribution in [0.4, 0.5) is 4.79 Å². The number of ether oxygens (including phenoxy) is 2. The summed E-state index contributed by atoms with van der Waals surface area (Å²) in [5.74, 6) is -0.780. The molecule has 32 heavy (non-hydrogen) atoms. The van der Waals surface area contributed by atoms with E-state index in [0.717, 1.165) is 11.1 Å². The van der Waals surface area contributed by atoms with Crippen molar-refractivity contribution in [3.63, 3.8) is 0 Å². The second kappa shape index (κ2) is 9.39. The van der Waals surface area contributed by atoms with Crippen molar-refractivity contribution in [2.24, 2.45) is 0 Å². The summed E-state index contributed by atoms with van der Waals surface area (Å²) < 4.78 is 10.7. The van der Waals surface area contributed by atoms with Crippen LogP contribution in [0, 0.1) is 0 Å². The molecule has 0 saturated carbocycles. The van der Waals surface area contributed by atoms with Crippen LogP contribution in [-0.2, 0) is 4.74 Å². The Morgan fingerprint density at radius 1 is 0.969 bits per heavy atom. The van der Waals surface area contributed by atoms with Crippen LogP contribution >= 0.6 is 0 Å². The van der Waals surface area contributed by atoms with Gasteiger partial charge in [0.1, 0.15) is 17.9 Å². The highest BCUT2D eigenvalue weighted by Crippen LogP contribution is 2.44. The van der Waals surface area contributed by atoms with Crippen LogP contribution in [0.2, 0.25) is 0 Å². The molecule has 162 valence electrons. The first-order chi connectivity index (χ1) is 15.6. The second-order valence-electron chi connectivity index (χ2n) is 7.34. The van der Waals surface area contributed by atoms with Gasteiger partial charge in [0.25, 0.3) is 0 Å². The van der Waals surface area contributed by atoms with E-state index in [4.69, 9.17) is 9.47 Å². The lowest BCUT2D eigenvalue weighted by Crippen LogP contribution is -2.26. The molecule has 3 aromatic rings. The SMILES string of the molecule is COc1c(C=CCNC(=O)OCC2c3ccccc3-c3ccccc32)cccc1C(=O)O. The Labute approximate surface area is 186 Å². The van der Waals surface area contributed by atoms with Gasteiger partial charge in [-0.15, -0.1) is 0 Å². The highest BCUT2D eigenvalue weighted by molar-refractivity contribution is 5.92. The van der Waals surface area contributed by atoms with Crippen molar-refractivity contribution in [2.75, 3.05) is 20.3 Å². The average molecular weight is 429 g/mol. The number of carboxylic acid groups (broad SMARTS) is 1. The Morgan fingerprint density at radius 2 is 1.62 bits per heavy atom. The van der Waals surface area contributed by atoms with E-state index in [2.05, 4.69) is 29.6 Å². The molecule has 0 fully saturated rings. The summed E-state index contributed by atoms with van der Waals surface area (Å²) in [4.78, 5) is 23.5. The highest BCUT2D eigenvalue weighted by Gasteiger charge is 2.28. The van der Waals surface area contributed by atoms with Crippen LogP contribution in [0.25, 0.3) is 17.2 Å². The maximum atomic E-state index is 12.2. The number of para-hydroxylation sites is 1. The van der Waals surface area contributed by atoms with Crippen LogP contribution in [0.5, 0.6) is 5.75 Å². The molecule has 0 unspecified atom stereocenters. The van der Waals surface area contributed by atoms with Gasteiger partial charge in [0.2, 0.25) is 0 Å². The van der Waals surface area contributed by atoms with Gasteiger partial charge in [-0.25, -0.2) is 9.59 Å². The Bertz CT molecular complexity index is 1140. The zero-order chi connectivity index (χ0) is 22.5. The summed E-state index contributed by atoms with van der Waals surface area (Å²) >= 11 is 0. The molecule has 1 aliphatic carbocycles. The summed E-state index contributed by atoms with van der Waals surface area (Å²) in [6.07, 6.45) is 2.91. The number of hydrogen-bond donors (Lipinski definition) is 2. The van der Waals surface area contributed by atoms with E-state index in [-0.39, 0.29) is 30.4 Å². The molecule has 6 heteroatoms. The lowest BCUT2D eigenvalue weighted by molar-refractivity contribution is 0.0693. The highest BCUT2D eigenvalue weighted by atomic mass is 16.5. The van der Waals surface area contributed by atoms with Crippen molar-refractivity contribution in [1.82, 2.24) is 5.32 Å². The molecule has 4 rings (SSSR count). The van der Waals surface area contributed by atoms with Crippen molar-refractivity contribution in [3.8, 4) is 16.9 Å². The minimum atomic E-state index is -1.06. The van der Waals surface area contributed by atoms with Crippen molar-refractivity contribution in [1.29, 1.82) is 0 Å². The van der Waals surface area contributed by atoms with Crippen LogP contribution < -0.4 is 10.1 Å². The number of carbonyl (C=O) groups excluding carboxylic acids is 1. The zero-order valence-corrected chi connectivity index (χ0v) is 17.6. The van der Waals surface area contributed by atoms with Crippen molar-refractivity contribution in [2.45, 2.75) is 5.92 Å². The van der Waals surface area contributed by atoms with Crippen LogP contribution in [-0.4, -0.2) is 37.4 Å². The number of amides is 1. The normalized spacial score (nSPS) is 12.3. The van der Waals surface area contributed by atoms with E-state index in [0.29, 0.717) is 5.56 Å². The van der Waals surface area contributed by atoms with E-state index < -0.39 is 12.1 Å². The standard InChI is InChI=1S/C26H23NO5/c1-31-24-17(8-6-14-22(24)25(28)29)9-7-15-27-26(30)32-16-23-20-12-4-2-10-18(20)19-11-3-5-13-21(19)23/h2-14,23H,15-16H2,1H3,(H,27,30)(H,28,29). The van der Waals surface area contributed by atoms with Gasteiger partial charge in [0.05, 0.1) is 7.11 Å². The molecule has 0 radical (unpaired) electrons. The number of benzene rings is 3. The molecule has 3 aromatic carbocycles. The van der Waals surface area contributed by atoms with E-state index in [1.54, 1.807) is 24.3 Å². The van der Waals surface area contributed by atoms with E-state index >= 15 is 0 Å². The van der Waals surface area contributed by atoms with Gasteiger partial charge < -0.3 is 19.9 Å². The number of rotatable bonds is 7. The first-order valence-electron chi connectivity index (χ1n) is 10.3. The fourth-order valence-corrected chi connectivity index (χ4v) is 4.06. The maximum Gasteiger partial charge on any atom is 0.407 e. The predicted molar refractivity (Wildman–Crippen MR) is 122 cm³/mol.